The van der Waals surface area contributed by atoms with Gasteiger partial charge >= 0.3 is 5.97 Å². The van der Waals surface area contributed by atoms with Gasteiger partial charge in [-0.05, 0) is 36.2 Å². The van der Waals surface area contributed by atoms with Crippen LogP contribution in [0.15, 0.2) is 42.5 Å². The van der Waals surface area contributed by atoms with Crippen LogP contribution in [0.2, 0.25) is 0 Å². The lowest BCUT2D eigenvalue weighted by atomic mass is 9.95. The molecule has 0 unspecified atom stereocenters. The molecule has 0 saturated heterocycles. The van der Waals surface area contributed by atoms with Crippen molar-refractivity contribution < 1.29 is 14.3 Å². The Morgan fingerprint density at radius 2 is 1.95 bits per heavy atom. The molecule has 0 aromatic heterocycles. The van der Waals surface area contributed by atoms with E-state index in [1.807, 2.05) is 36.4 Å². The average molecular weight is 297 g/mol. The molecule has 0 spiro atoms. The van der Waals surface area contributed by atoms with Gasteiger partial charge in [-0.3, -0.25) is 0 Å². The molecule has 0 amide bonds. The predicted octanol–water partition coefficient (Wildman–Crippen LogP) is 2.70. The van der Waals surface area contributed by atoms with E-state index in [0.717, 1.165) is 35.4 Å². The van der Waals surface area contributed by atoms with Crippen molar-refractivity contribution in [3.05, 3.63) is 64.7 Å². The third kappa shape index (κ3) is 2.97. The Bertz CT molecular complexity index is 668. The molecule has 2 aromatic rings. The smallest absolute Gasteiger partial charge is 0.338 e. The summed E-state index contributed by atoms with van der Waals surface area (Å²) in [5.74, 6) is 0.558. The second-order valence-corrected chi connectivity index (χ2v) is 5.26. The molecule has 0 radical (unpaired) electrons. The predicted molar refractivity (Wildman–Crippen MR) is 84.0 cm³/mol. The highest BCUT2D eigenvalue weighted by atomic mass is 16.5. The Labute approximate surface area is 130 Å². The molecule has 1 N–H and O–H groups in total. The van der Waals surface area contributed by atoms with E-state index in [1.165, 1.54) is 7.11 Å². The van der Waals surface area contributed by atoms with Crippen molar-refractivity contribution in [2.24, 2.45) is 0 Å². The van der Waals surface area contributed by atoms with Gasteiger partial charge in [0.1, 0.15) is 12.4 Å². The molecular weight excluding hydrogens is 278 g/mol. The zero-order valence-electron chi connectivity index (χ0n) is 12.6. The van der Waals surface area contributed by atoms with Crippen molar-refractivity contribution in [3.63, 3.8) is 0 Å². The van der Waals surface area contributed by atoms with Gasteiger partial charge in [0.2, 0.25) is 0 Å². The van der Waals surface area contributed by atoms with E-state index in [4.69, 9.17) is 9.47 Å². The molecule has 3 rings (SSSR count). The van der Waals surface area contributed by atoms with E-state index < -0.39 is 0 Å². The fourth-order valence-corrected chi connectivity index (χ4v) is 2.75. The minimum atomic E-state index is -0.297. The highest BCUT2D eigenvalue weighted by molar-refractivity contribution is 5.92. The molecule has 0 aliphatic carbocycles. The fraction of sp³-hybridized carbons (Fsp3) is 0.278. The largest absolute Gasteiger partial charge is 0.489 e. The molecule has 0 fully saturated rings. The van der Waals surface area contributed by atoms with Crippen LogP contribution in [0.1, 0.15) is 27.0 Å². The van der Waals surface area contributed by atoms with Crippen LogP contribution in [0.4, 0.5) is 0 Å². The molecule has 0 bridgehead atoms. The van der Waals surface area contributed by atoms with Crippen molar-refractivity contribution in [2.45, 2.75) is 19.6 Å². The minimum Gasteiger partial charge on any atom is -0.489 e. The van der Waals surface area contributed by atoms with E-state index in [1.54, 1.807) is 6.07 Å². The van der Waals surface area contributed by atoms with E-state index in [9.17, 15) is 4.79 Å². The summed E-state index contributed by atoms with van der Waals surface area (Å²) in [6.07, 6.45) is 0.851. The number of hydrogen-bond donors (Lipinski definition) is 1. The molecule has 1 heterocycles. The lowest BCUT2D eigenvalue weighted by Crippen LogP contribution is -2.26. The topological polar surface area (TPSA) is 47.6 Å². The van der Waals surface area contributed by atoms with Gasteiger partial charge in [-0.2, -0.15) is 0 Å². The molecule has 4 heteroatoms. The molecule has 1 aliphatic heterocycles. The first-order valence-electron chi connectivity index (χ1n) is 7.40. The van der Waals surface area contributed by atoms with Crippen molar-refractivity contribution in [3.8, 4) is 5.75 Å². The molecule has 1 aliphatic rings. The molecule has 4 nitrogen and oxygen atoms in total. The summed E-state index contributed by atoms with van der Waals surface area (Å²) in [5, 5.41) is 3.30. The number of hydrogen-bond acceptors (Lipinski definition) is 4. The summed E-state index contributed by atoms with van der Waals surface area (Å²) >= 11 is 0. The average Bonchev–Trinajstić information content (AvgIpc) is 2.60. The molecular formula is C18H19NO3. The van der Waals surface area contributed by atoms with Gasteiger partial charge in [0.25, 0.3) is 0 Å². The lowest BCUT2D eigenvalue weighted by Gasteiger charge is -2.22. The molecule has 22 heavy (non-hydrogen) atoms. The Morgan fingerprint density at radius 1 is 1.14 bits per heavy atom. The third-order valence-electron chi connectivity index (χ3n) is 3.88. The number of benzene rings is 2. The summed E-state index contributed by atoms with van der Waals surface area (Å²) in [6.45, 7) is 2.08. The first-order chi connectivity index (χ1) is 10.8. The third-order valence-corrected chi connectivity index (χ3v) is 3.88. The Balaban J connectivity index is 1.87. The van der Waals surface area contributed by atoms with Crippen LogP contribution in [0.3, 0.4) is 0 Å². The number of rotatable bonds is 4. The summed E-state index contributed by atoms with van der Waals surface area (Å²) in [6, 6.07) is 13.7. The van der Waals surface area contributed by atoms with Gasteiger partial charge < -0.3 is 14.8 Å². The van der Waals surface area contributed by atoms with Gasteiger partial charge in [-0.25, -0.2) is 4.79 Å². The van der Waals surface area contributed by atoms with E-state index in [2.05, 4.69) is 5.32 Å². The maximum Gasteiger partial charge on any atom is 0.338 e. The van der Waals surface area contributed by atoms with Crippen molar-refractivity contribution in [1.82, 2.24) is 5.32 Å². The van der Waals surface area contributed by atoms with Gasteiger partial charge in [-0.1, -0.05) is 30.3 Å². The number of nitrogens with one attached hydrogen (secondary N) is 1. The normalized spacial score (nSPS) is 13.3. The van der Waals surface area contributed by atoms with Crippen LogP contribution in [0.5, 0.6) is 5.75 Å². The Morgan fingerprint density at radius 3 is 2.73 bits per heavy atom. The Kier molecular flexibility index (Phi) is 4.39. The number of methoxy groups -OCH3 is 1. The molecule has 2 aromatic carbocycles. The number of ether oxygens (including phenoxy) is 2. The van der Waals surface area contributed by atoms with Gasteiger partial charge in [0, 0.05) is 12.1 Å². The van der Waals surface area contributed by atoms with Crippen molar-refractivity contribution in [2.75, 3.05) is 13.7 Å². The van der Waals surface area contributed by atoms with E-state index >= 15 is 0 Å². The fourth-order valence-electron chi connectivity index (χ4n) is 2.75. The molecule has 0 saturated carbocycles. The van der Waals surface area contributed by atoms with Crippen LogP contribution in [0, 0.1) is 0 Å². The van der Waals surface area contributed by atoms with Crippen LogP contribution < -0.4 is 10.1 Å². The van der Waals surface area contributed by atoms with Gasteiger partial charge in [0.05, 0.1) is 12.7 Å². The minimum absolute atomic E-state index is 0.297. The van der Waals surface area contributed by atoms with Crippen LogP contribution >= 0.6 is 0 Å². The van der Waals surface area contributed by atoms with Gasteiger partial charge in [0.15, 0.2) is 0 Å². The number of carbonyl (C=O) groups is 1. The zero-order chi connectivity index (χ0) is 15.4. The SMILES string of the molecule is COC(=O)c1ccc(OCc2ccccc2)c2c1CNCC2. The molecule has 0 atom stereocenters. The summed E-state index contributed by atoms with van der Waals surface area (Å²) in [4.78, 5) is 11.9. The zero-order valence-corrected chi connectivity index (χ0v) is 12.6. The monoisotopic (exact) mass is 297 g/mol. The first-order valence-corrected chi connectivity index (χ1v) is 7.40. The number of esters is 1. The second-order valence-electron chi connectivity index (χ2n) is 5.26. The van der Waals surface area contributed by atoms with Crippen molar-refractivity contribution in [1.29, 1.82) is 0 Å². The maximum atomic E-state index is 11.9. The van der Waals surface area contributed by atoms with Crippen LogP contribution in [-0.2, 0) is 24.3 Å². The summed E-state index contributed by atoms with van der Waals surface area (Å²) in [7, 11) is 1.41. The maximum absolute atomic E-state index is 11.9. The van der Waals surface area contributed by atoms with Crippen LogP contribution in [0.25, 0.3) is 0 Å². The number of fused-ring (bicyclic) bond motifs is 1. The summed E-state index contributed by atoms with van der Waals surface area (Å²) < 4.78 is 10.8. The highest BCUT2D eigenvalue weighted by Crippen LogP contribution is 2.29. The standard InChI is InChI=1S/C18H19NO3/c1-21-18(20)15-7-8-17(14-9-10-19-11-16(14)15)22-12-13-5-3-2-4-6-13/h2-8,19H,9-12H2,1H3. The molecule has 114 valence electrons. The van der Waals surface area contributed by atoms with Gasteiger partial charge in [-0.15, -0.1) is 0 Å². The first kappa shape index (κ1) is 14.6. The highest BCUT2D eigenvalue weighted by Gasteiger charge is 2.21. The second kappa shape index (κ2) is 6.62. The number of carbonyl (C=O) groups excluding carboxylic acids is 1. The van der Waals surface area contributed by atoms with Crippen molar-refractivity contribution >= 4 is 5.97 Å². The lowest BCUT2D eigenvalue weighted by molar-refractivity contribution is 0.0599. The van der Waals surface area contributed by atoms with E-state index in [0.29, 0.717) is 18.7 Å². The van der Waals surface area contributed by atoms with E-state index in [-0.39, 0.29) is 5.97 Å². The quantitative estimate of drug-likeness (QED) is 0.882. The summed E-state index contributed by atoms with van der Waals surface area (Å²) in [5.41, 5.74) is 3.85. The van der Waals surface area contributed by atoms with Crippen LogP contribution in [-0.4, -0.2) is 19.6 Å². The Hall–Kier alpha value is -2.33.